The molecule has 0 aliphatic carbocycles. The van der Waals surface area contributed by atoms with E-state index >= 15 is 0 Å². The van der Waals surface area contributed by atoms with Crippen LogP contribution in [0.15, 0.2) is 42.9 Å². The van der Waals surface area contributed by atoms with Crippen LogP contribution in [-0.2, 0) is 16.1 Å². The van der Waals surface area contributed by atoms with Crippen molar-refractivity contribution in [1.82, 2.24) is 4.98 Å². The Labute approximate surface area is 140 Å². The first-order chi connectivity index (χ1) is 11.3. The molecule has 0 aliphatic heterocycles. The minimum absolute atomic E-state index is 0.107. The Morgan fingerprint density at radius 2 is 1.83 bits per heavy atom. The third-order valence-electron chi connectivity index (χ3n) is 3.75. The molecule has 0 spiro atoms. The second-order valence-corrected chi connectivity index (χ2v) is 5.80. The number of hydrogen-bond donors (Lipinski definition) is 0. The number of rotatable bonds is 13. The quantitative estimate of drug-likeness (QED) is 0.279. The highest BCUT2D eigenvalue weighted by atomic mass is 16.5. The minimum atomic E-state index is -0.107. The van der Waals surface area contributed by atoms with E-state index in [9.17, 15) is 4.79 Å². The SMILES string of the molecule is C=C=CCCCCCCCCCCC(=O)OCc1cccnc1. The zero-order valence-electron chi connectivity index (χ0n) is 14.1. The highest BCUT2D eigenvalue weighted by Gasteiger charge is 2.03. The van der Waals surface area contributed by atoms with Crippen LogP contribution < -0.4 is 0 Å². The van der Waals surface area contributed by atoms with Crippen molar-refractivity contribution in [2.24, 2.45) is 0 Å². The average molecular weight is 315 g/mol. The lowest BCUT2D eigenvalue weighted by molar-refractivity contribution is -0.145. The standard InChI is InChI=1S/C20H29NO2/c1-2-3-4-5-6-7-8-9-10-11-12-15-20(22)23-18-19-14-13-16-21-17-19/h3,13-14,16-17H,1,4-12,15,18H2. The van der Waals surface area contributed by atoms with E-state index in [1.807, 2.05) is 18.2 Å². The Balaban J connectivity index is 1.87. The van der Waals surface area contributed by atoms with E-state index < -0.39 is 0 Å². The molecule has 0 saturated carbocycles. The topological polar surface area (TPSA) is 39.2 Å². The van der Waals surface area contributed by atoms with E-state index in [4.69, 9.17) is 4.74 Å². The van der Waals surface area contributed by atoms with Crippen LogP contribution >= 0.6 is 0 Å². The van der Waals surface area contributed by atoms with Crippen molar-refractivity contribution in [3.8, 4) is 0 Å². The Kier molecular flexibility index (Phi) is 11.5. The van der Waals surface area contributed by atoms with Gasteiger partial charge in [-0.05, 0) is 31.4 Å². The van der Waals surface area contributed by atoms with Crippen LogP contribution in [0, 0.1) is 0 Å². The molecule has 1 aromatic rings. The van der Waals surface area contributed by atoms with Gasteiger partial charge in [-0.15, -0.1) is 5.73 Å². The van der Waals surface area contributed by atoms with Gasteiger partial charge in [-0.25, -0.2) is 0 Å². The van der Waals surface area contributed by atoms with Gasteiger partial charge in [-0.1, -0.05) is 51.2 Å². The summed E-state index contributed by atoms with van der Waals surface area (Å²) in [6.07, 6.45) is 16.7. The second kappa shape index (κ2) is 13.8. The Morgan fingerprint density at radius 1 is 1.13 bits per heavy atom. The maximum absolute atomic E-state index is 11.6. The fourth-order valence-corrected chi connectivity index (χ4v) is 2.40. The lowest BCUT2D eigenvalue weighted by Gasteiger charge is -2.05. The van der Waals surface area contributed by atoms with Gasteiger partial charge in [0.15, 0.2) is 0 Å². The minimum Gasteiger partial charge on any atom is -0.461 e. The van der Waals surface area contributed by atoms with E-state index in [2.05, 4.69) is 17.3 Å². The van der Waals surface area contributed by atoms with Gasteiger partial charge in [0.25, 0.3) is 0 Å². The fourth-order valence-electron chi connectivity index (χ4n) is 2.40. The number of unbranched alkanes of at least 4 members (excludes halogenated alkanes) is 8. The van der Waals surface area contributed by atoms with Crippen molar-refractivity contribution >= 4 is 5.97 Å². The van der Waals surface area contributed by atoms with Gasteiger partial charge >= 0.3 is 5.97 Å². The predicted octanol–water partition coefficient (Wildman–Crippen LogP) is 5.37. The van der Waals surface area contributed by atoms with Gasteiger partial charge in [0.2, 0.25) is 0 Å². The molecule has 0 aliphatic rings. The molecule has 23 heavy (non-hydrogen) atoms. The predicted molar refractivity (Wildman–Crippen MR) is 93.9 cm³/mol. The zero-order valence-corrected chi connectivity index (χ0v) is 14.1. The molecule has 0 fully saturated rings. The van der Waals surface area contributed by atoms with Gasteiger partial charge in [-0.3, -0.25) is 9.78 Å². The van der Waals surface area contributed by atoms with E-state index in [1.165, 1.54) is 38.5 Å². The fraction of sp³-hybridized carbons (Fsp3) is 0.550. The number of hydrogen-bond acceptors (Lipinski definition) is 3. The number of esters is 1. The van der Waals surface area contributed by atoms with Crippen LogP contribution in [0.1, 0.15) is 69.8 Å². The van der Waals surface area contributed by atoms with Crippen molar-refractivity contribution in [1.29, 1.82) is 0 Å². The van der Waals surface area contributed by atoms with Crippen LogP contribution in [0.25, 0.3) is 0 Å². The summed E-state index contributed by atoms with van der Waals surface area (Å²) in [5, 5.41) is 0. The molecule has 3 heteroatoms. The molecule has 0 unspecified atom stereocenters. The summed E-state index contributed by atoms with van der Waals surface area (Å²) in [7, 11) is 0. The highest BCUT2D eigenvalue weighted by molar-refractivity contribution is 5.69. The van der Waals surface area contributed by atoms with Crippen molar-refractivity contribution in [3.63, 3.8) is 0 Å². The summed E-state index contributed by atoms with van der Waals surface area (Å²) in [6, 6.07) is 3.76. The lowest BCUT2D eigenvalue weighted by atomic mass is 10.1. The Bertz CT molecular complexity index is 464. The molecule has 1 rings (SSSR count). The number of ether oxygens (including phenoxy) is 1. The molecular formula is C20H29NO2. The molecule has 126 valence electrons. The van der Waals surface area contributed by atoms with E-state index in [-0.39, 0.29) is 5.97 Å². The van der Waals surface area contributed by atoms with Crippen LogP contribution in [0.5, 0.6) is 0 Å². The second-order valence-electron chi connectivity index (χ2n) is 5.80. The number of carbonyl (C=O) groups excluding carboxylic acids is 1. The zero-order chi connectivity index (χ0) is 16.6. The summed E-state index contributed by atoms with van der Waals surface area (Å²) in [5.74, 6) is -0.107. The molecule has 0 atom stereocenters. The van der Waals surface area contributed by atoms with Crippen molar-refractivity contribution in [2.75, 3.05) is 0 Å². The summed E-state index contributed by atoms with van der Waals surface area (Å²) in [5.41, 5.74) is 3.74. The van der Waals surface area contributed by atoms with Gasteiger partial charge in [0.05, 0.1) is 0 Å². The summed E-state index contributed by atoms with van der Waals surface area (Å²) >= 11 is 0. The monoisotopic (exact) mass is 315 g/mol. The Hall–Kier alpha value is -1.86. The molecular weight excluding hydrogens is 286 g/mol. The van der Waals surface area contributed by atoms with E-state index in [0.29, 0.717) is 13.0 Å². The summed E-state index contributed by atoms with van der Waals surface area (Å²) < 4.78 is 5.23. The van der Waals surface area contributed by atoms with Crippen LogP contribution in [0.4, 0.5) is 0 Å². The molecule has 0 amide bonds. The van der Waals surface area contributed by atoms with Crippen LogP contribution in [0.3, 0.4) is 0 Å². The Morgan fingerprint density at radius 3 is 2.48 bits per heavy atom. The van der Waals surface area contributed by atoms with Crippen molar-refractivity contribution < 1.29 is 9.53 Å². The molecule has 0 bridgehead atoms. The number of carbonyl (C=O) groups is 1. The maximum atomic E-state index is 11.6. The largest absolute Gasteiger partial charge is 0.461 e. The molecule has 1 heterocycles. The first-order valence-corrected chi connectivity index (χ1v) is 8.71. The highest BCUT2D eigenvalue weighted by Crippen LogP contribution is 2.11. The average Bonchev–Trinajstić information content (AvgIpc) is 2.59. The van der Waals surface area contributed by atoms with Crippen molar-refractivity contribution in [2.45, 2.75) is 70.8 Å². The van der Waals surface area contributed by atoms with Gasteiger partial charge < -0.3 is 4.74 Å². The van der Waals surface area contributed by atoms with E-state index in [1.54, 1.807) is 12.4 Å². The number of aromatic nitrogens is 1. The van der Waals surface area contributed by atoms with Crippen LogP contribution in [0.2, 0.25) is 0 Å². The number of pyridine rings is 1. The molecule has 1 aromatic heterocycles. The summed E-state index contributed by atoms with van der Waals surface area (Å²) in [6.45, 7) is 3.89. The number of nitrogens with zero attached hydrogens (tertiary/aromatic N) is 1. The normalized spacial score (nSPS) is 10.1. The lowest BCUT2D eigenvalue weighted by Crippen LogP contribution is -2.04. The third kappa shape index (κ3) is 11.4. The molecule has 0 radical (unpaired) electrons. The van der Waals surface area contributed by atoms with E-state index in [0.717, 1.165) is 24.8 Å². The first kappa shape index (κ1) is 19.2. The summed E-state index contributed by atoms with van der Waals surface area (Å²) in [4.78, 5) is 15.6. The van der Waals surface area contributed by atoms with Gasteiger partial charge in [-0.2, -0.15) is 0 Å². The molecule has 0 saturated heterocycles. The van der Waals surface area contributed by atoms with Gasteiger partial charge in [0, 0.05) is 24.4 Å². The molecule has 3 nitrogen and oxygen atoms in total. The third-order valence-corrected chi connectivity index (χ3v) is 3.75. The van der Waals surface area contributed by atoms with Crippen molar-refractivity contribution in [3.05, 3.63) is 48.5 Å². The molecule has 0 aromatic carbocycles. The first-order valence-electron chi connectivity index (χ1n) is 8.71. The maximum Gasteiger partial charge on any atom is 0.306 e. The number of allylic oxidation sites excluding steroid dienone is 1. The van der Waals surface area contributed by atoms with Crippen LogP contribution in [-0.4, -0.2) is 11.0 Å². The smallest absolute Gasteiger partial charge is 0.306 e. The molecule has 0 N–H and O–H groups in total. The van der Waals surface area contributed by atoms with Gasteiger partial charge in [0.1, 0.15) is 6.61 Å².